The van der Waals surface area contributed by atoms with Crippen LogP contribution in [0.5, 0.6) is 0 Å². The van der Waals surface area contributed by atoms with E-state index in [4.69, 9.17) is 11.5 Å². The lowest BCUT2D eigenvalue weighted by molar-refractivity contribution is 0.0967. The van der Waals surface area contributed by atoms with E-state index in [1.165, 1.54) is 0 Å². The highest BCUT2D eigenvalue weighted by Gasteiger charge is 2.12. The number of benzene rings is 1. The van der Waals surface area contributed by atoms with Gasteiger partial charge in [-0.1, -0.05) is 0 Å². The van der Waals surface area contributed by atoms with E-state index < -0.39 is 17.6 Å². The van der Waals surface area contributed by atoms with Gasteiger partial charge in [0.2, 0.25) is 11.8 Å². The van der Waals surface area contributed by atoms with Crippen molar-refractivity contribution in [1.29, 1.82) is 0 Å². The lowest BCUT2D eigenvalue weighted by atomic mass is 10.1. The molecule has 0 fully saturated rings. The van der Waals surface area contributed by atoms with Crippen molar-refractivity contribution in [3.8, 4) is 0 Å². The fraction of sp³-hybridized carbons (Fsp3) is 0. The monoisotopic (exact) mass is 182 g/mol. The molecule has 1 aromatic carbocycles. The molecule has 0 saturated carbocycles. The Hall–Kier alpha value is -1.91. The predicted octanol–water partition coefficient (Wildman–Crippen LogP) is 0.0235. The Morgan fingerprint density at radius 1 is 1.08 bits per heavy atom. The first kappa shape index (κ1) is 9.18. The summed E-state index contributed by atoms with van der Waals surface area (Å²) in [7, 11) is 0. The molecule has 0 atom stereocenters. The molecule has 5 heteroatoms. The molecule has 0 heterocycles. The number of rotatable bonds is 2. The number of nitrogens with two attached hydrogens (primary N) is 2. The molecular weight excluding hydrogens is 175 g/mol. The van der Waals surface area contributed by atoms with Crippen LogP contribution in [0, 0.1) is 5.82 Å². The number of primary amides is 2. The van der Waals surface area contributed by atoms with E-state index in [-0.39, 0.29) is 11.1 Å². The molecule has 0 aliphatic rings. The van der Waals surface area contributed by atoms with Crippen molar-refractivity contribution in [2.75, 3.05) is 0 Å². The average molecular weight is 182 g/mol. The quantitative estimate of drug-likeness (QED) is 0.675. The summed E-state index contributed by atoms with van der Waals surface area (Å²) in [6.07, 6.45) is 0. The largest absolute Gasteiger partial charge is 0.366 e. The standard InChI is InChI=1S/C8H7FN2O2/c9-4-1-2-5(7(10)12)6(3-4)8(11)13/h1-3H,(H2,10,12)(H2,11,13). The summed E-state index contributed by atoms with van der Waals surface area (Å²) in [6.45, 7) is 0. The van der Waals surface area contributed by atoms with Crippen LogP contribution in [0.1, 0.15) is 20.7 Å². The van der Waals surface area contributed by atoms with Gasteiger partial charge in [0.25, 0.3) is 0 Å². The molecule has 0 unspecified atom stereocenters. The van der Waals surface area contributed by atoms with Crippen molar-refractivity contribution in [3.63, 3.8) is 0 Å². The van der Waals surface area contributed by atoms with Crippen molar-refractivity contribution in [1.82, 2.24) is 0 Å². The van der Waals surface area contributed by atoms with Crippen molar-refractivity contribution >= 4 is 11.8 Å². The van der Waals surface area contributed by atoms with Gasteiger partial charge in [0.15, 0.2) is 0 Å². The summed E-state index contributed by atoms with van der Waals surface area (Å²) in [4.78, 5) is 21.5. The van der Waals surface area contributed by atoms with Crippen LogP contribution in [0.4, 0.5) is 4.39 Å². The second-order valence-corrected chi connectivity index (χ2v) is 2.42. The van der Waals surface area contributed by atoms with E-state index in [1.54, 1.807) is 0 Å². The lowest BCUT2D eigenvalue weighted by Gasteiger charge is -2.01. The van der Waals surface area contributed by atoms with Gasteiger partial charge in [-0.05, 0) is 18.2 Å². The van der Waals surface area contributed by atoms with E-state index in [2.05, 4.69) is 0 Å². The zero-order chi connectivity index (χ0) is 10.0. The summed E-state index contributed by atoms with van der Waals surface area (Å²) in [5, 5.41) is 0. The van der Waals surface area contributed by atoms with Gasteiger partial charge in [-0.25, -0.2) is 4.39 Å². The summed E-state index contributed by atoms with van der Waals surface area (Å²) < 4.78 is 12.6. The van der Waals surface area contributed by atoms with Gasteiger partial charge in [-0.3, -0.25) is 9.59 Å². The molecule has 1 rings (SSSR count). The second-order valence-electron chi connectivity index (χ2n) is 2.42. The van der Waals surface area contributed by atoms with E-state index in [0.717, 1.165) is 18.2 Å². The minimum absolute atomic E-state index is 0.0751. The molecular formula is C8H7FN2O2. The minimum atomic E-state index is -0.881. The van der Waals surface area contributed by atoms with Crippen LogP contribution in [0.3, 0.4) is 0 Å². The van der Waals surface area contributed by atoms with Crippen molar-refractivity contribution in [2.45, 2.75) is 0 Å². The van der Waals surface area contributed by atoms with Gasteiger partial charge < -0.3 is 11.5 Å². The Kier molecular flexibility index (Phi) is 2.27. The maximum absolute atomic E-state index is 12.6. The molecule has 68 valence electrons. The fourth-order valence-electron chi connectivity index (χ4n) is 0.935. The molecule has 4 N–H and O–H groups in total. The molecule has 0 saturated heterocycles. The zero-order valence-corrected chi connectivity index (χ0v) is 6.58. The second kappa shape index (κ2) is 3.22. The third kappa shape index (κ3) is 1.81. The maximum atomic E-state index is 12.6. The highest BCUT2D eigenvalue weighted by molar-refractivity contribution is 6.06. The van der Waals surface area contributed by atoms with Crippen molar-refractivity contribution in [3.05, 3.63) is 35.1 Å². The third-order valence-corrected chi connectivity index (χ3v) is 1.51. The normalized spacial score (nSPS) is 9.62. The summed E-state index contributed by atoms with van der Waals surface area (Å²) in [6, 6.07) is 3.03. The van der Waals surface area contributed by atoms with Gasteiger partial charge in [-0.2, -0.15) is 0 Å². The summed E-state index contributed by atoms with van der Waals surface area (Å²) in [5.41, 5.74) is 9.56. The van der Waals surface area contributed by atoms with Crippen molar-refractivity contribution in [2.24, 2.45) is 11.5 Å². The van der Waals surface area contributed by atoms with Crippen LogP contribution < -0.4 is 11.5 Å². The molecule has 1 aromatic rings. The van der Waals surface area contributed by atoms with Crippen LogP contribution in [0.15, 0.2) is 18.2 Å². The lowest BCUT2D eigenvalue weighted by Crippen LogP contribution is -2.20. The van der Waals surface area contributed by atoms with Crippen LogP contribution >= 0.6 is 0 Å². The SMILES string of the molecule is NC(=O)c1ccc(F)cc1C(N)=O. The molecule has 0 aliphatic heterocycles. The average Bonchev–Trinajstić information content (AvgIpc) is 2.03. The predicted molar refractivity (Wildman–Crippen MR) is 43.4 cm³/mol. The Bertz CT molecular complexity index is 376. The number of hydrogen-bond donors (Lipinski definition) is 2. The van der Waals surface area contributed by atoms with Crippen molar-refractivity contribution < 1.29 is 14.0 Å². The van der Waals surface area contributed by atoms with E-state index in [1.807, 2.05) is 0 Å². The number of hydrogen-bond acceptors (Lipinski definition) is 2. The number of carbonyl (C=O) groups excluding carboxylic acids is 2. The zero-order valence-electron chi connectivity index (χ0n) is 6.58. The molecule has 2 amide bonds. The highest BCUT2D eigenvalue weighted by atomic mass is 19.1. The smallest absolute Gasteiger partial charge is 0.249 e. The summed E-state index contributed by atoms with van der Waals surface area (Å²) in [5.74, 6) is -2.33. The van der Waals surface area contributed by atoms with Gasteiger partial charge >= 0.3 is 0 Å². The topological polar surface area (TPSA) is 86.2 Å². The molecule has 13 heavy (non-hydrogen) atoms. The Morgan fingerprint density at radius 3 is 2.08 bits per heavy atom. The van der Waals surface area contributed by atoms with Crippen LogP contribution in [0.2, 0.25) is 0 Å². The number of amides is 2. The first-order valence-electron chi connectivity index (χ1n) is 3.41. The van der Waals surface area contributed by atoms with Gasteiger partial charge in [0.05, 0.1) is 11.1 Å². The van der Waals surface area contributed by atoms with E-state index in [9.17, 15) is 14.0 Å². The molecule has 0 radical (unpaired) electrons. The maximum Gasteiger partial charge on any atom is 0.249 e. The summed E-state index contributed by atoms with van der Waals surface area (Å²) >= 11 is 0. The Balaban J connectivity index is 3.35. The van der Waals surface area contributed by atoms with Gasteiger partial charge in [-0.15, -0.1) is 0 Å². The first-order chi connectivity index (χ1) is 6.02. The fourth-order valence-corrected chi connectivity index (χ4v) is 0.935. The third-order valence-electron chi connectivity index (χ3n) is 1.51. The molecule has 0 aromatic heterocycles. The molecule has 0 bridgehead atoms. The molecule has 4 nitrogen and oxygen atoms in total. The van der Waals surface area contributed by atoms with Gasteiger partial charge in [0.1, 0.15) is 5.82 Å². The Morgan fingerprint density at radius 2 is 1.62 bits per heavy atom. The molecule has 0 spiro atoms. The minimum Gasteiger partial charge on any atom is -0.366 e. The van der Waals surface area contributed by atoms with Crippen LogP contribution in [-0.2, 0) is 0 Å². The van der Waals surface area contributed by atoms with Crippen LogP contribution in [0.25, 0.3) is 0 Å². The van der Waals surface area contributed by atoms with Gasteiger partial charge in [0, 0.05) is 0 Å². The number of carbonyl (C=O) groups is 2. The van der Waals surface area contributed by atoms with E-state index >= 15 is 0 Å². The first-order valence-corrected chi connectivity index (χ1v) is 3.41. The Labute approximate surface area is 73.3 Å². The van der Waals surface area contributed by atoms with E-state index in [0.29, 0.717) is 0 Å². The highest BCUT2D eigenvalue weighted by Crippen LogP contribution is 2.09. The van der Waals surface area contributed by atoms with Crippen LogP contribution in [-0.4, -0.2) is 11.8 Å². The molecule has 0 aliphatic carbocycles. The number of halogens is 1.